The van der Waals surface area contributed by atoms with E-state index in [0.717, 1.165) is 18.5 Å². The van der Waals surface area contributed by atoms with Gasteiger partial charge in [0.25, 0.3) is 0 Å². The van der Waals surface area contributed by atoms with Crippen LogP contribution in [0.2, 0.25) is 0 Å². The van der Waals surface area contributed by atoms with Crippen LogP contribution >= 0.6 is 21.6 Å². The van der Waals surface area contributed by atoms with Gasteiger partial charge in [-0.25, -0.2) is 0 Å². The topological polar surface area (TPSA) is 38.0 Å². The van der Waals surface area contributed by atoms with E-state index in [0.29, 0.717) is 0 Å². The van der Waals surface area contributed by atoms with Gasteiger partial charge < -0.3 is 11.1 Å². The third-order valence-corrected chi connectivity index (χ3v) is 7.22. The summed E-state index contributed by atoms with van der Waals surface area (Å²) in [6, 6.07) is 0. The summed E-state index contributed by atoms with van der Waals surface area (Å²) in [6.07, 6.45) is 3.79. The summed E-state index contributed by atoms with van der Waals surface area (Å²) in [4.78, 5) is 0. The van der Waals surface area contributed by atoms with Crippen molar-refractivity contribution in [2.75, 3.05) is 0 Å². The number of allylic oxidation sites excluding steroid dienone is 1. The van der Waals surface area contributed by atoms with E-state index in [9.17, 15) is 0 Å². The molecule has 0 aromatic heterocycles. The van der Waals surface area contributed by atoms with Gasteiger partial charge >= 0.3 is 0 Å². The smallest absolute Gasteiger partial charge is 0.0330 e. The first-order valence-corrected chi connectivity index (χ1v) is 9.98. The van der Waals surface area contributed by atoms with E-state index in [4.69, 9.17) is 5.73 Å². The summed E-state index contributed by atoms with van der Waals surface area (Å²) >= 11 is 0. The van der Waals surface area contributed by atoms with Gasteiger partial charge in [-0.05, 0) is 74.3 Å². The van der Waals surface area contributed by atoms with Crippen LogP contribution in [-0.2, 0) is 0 Å². The van der Waals surface area contributed by atoms with Crippen molar-refractivity contribution in [3.8, 4) is 0 Å². The van der Waals surface area contributed by atoms with Gasteiger partial charge in [0.1, 0.15) is 0 Å². The first-order chi connectivity index (χ1) is 9.58. The zero-order valence-corrected chi connectivity index (χ0v) is 17.4. The molecule has 130 valence electrons. The van der Waals surface area contributed by atoms with E-state index in [1.807, 2.05) is 21.6 Å². The highest BCUT2D eigenvalue weighted by Crippen LogP contribution is 2.48. The van der Waals surface area contributed by atoms with Crippen molar-refractivity contribution in [1.82, 2.24) is 5.32 Å². The average Bonchev–Trinajstić information content (AvgIpc) is 2.21. The Kier molecular flexibility index (Phi) is 7.65. The van der Waals surface area contributed by atoms with Gasteiger partial charge in [-0.3, -0.25) is 0 Å². The Labute approximate surface area is 146 Å². The van der Waals surface area contributed by atoms with Crippen LogP contribution in [0.1, 0.15) is 68.2 Å². The minimum atomic E-state index is -0.135. The molecule has 0 rings (SSSR count). The van der Waals surface area contributed by atoms with Crippen LogP contribution < -0.4 is 11.1 Å². The Balaban J connectivity index is 4.63. The van der Waals surface area contributed by atoms with Crippen molar-refractivity contribution in [2.45, 2.75) is 88.8 Å². The SMILES string of the molecule is C=CC(=C)NC(C)(C)CC(C)(C)SSC(C)(C)CC(C)(C)N. The molecular weight excluding hydrogens is 308 g/mol. The van der Waals surface area contributed by atoms with Crippen LogP contribution in [0, 0.1) is 0 Å². The number of hydrogen-bond acceptors (Lipinski definition) is 4. The Morgan fingerprint density at radius 1 is 0.955 bits per heavy atom. The Morgan fingerprint density at radius 3 is 1.73 bits per heavy atom. The summed E-state index contributed by atoms with van der Waals surface area (Å²) < 4.78 is 0.307. The van der Waals surface area contributed by atoms with Gasteiger partial charge in [-0.1, -0.05) is 34.7 Å². The van der Waals surface area contributed by atoms with Gasteiger partial charge in [0, 0.05) is 26.3 Å². The van der Waals surface area contributed by atoms with E-state index < -0.39 is 0 Å². The maximum absolute atomic E-state index is 6.18. The maximum Gasteiger partial charge on any atom is 0.0330 e. The zero-order chi connectivity index (χ0) is 17.8. The second-order valence-corrected chi connectivity index (χ2v) is 12.3. The fraction of sp³-hybridized carbons (Fsp3) is 0.778. The Hall–Kier alpha value is -0.0600. The molecule has 0 saturated heterocycles. The molecule has 0 aliphatic rings. The fourth-order valence-corrected chi connectivity index (χ4v) is 5.98. The van der Waals surface area contributed by atoms with E-state index >= 15 is 0 Å². The third kappa shape index (κ3) is 10.6. The molecule has 0 fully saturated rings. The summed E-state index contributed by atoms with van der Waals surface area (Å²) in [5, 5.41) is 3.44. The van der Waals surface area contributed by atoms with E-state index in [2.05, 4.69) is 73.9 Å². The monoisotopic (exact) mass is 344 g/mol. The molecule has 0 aliphatic heterocycles. The van der Waals surface area contributed by atoms with Crippen LogP contribution in [0.25, 0.3) is 0 Å². The molecular formula is C18H36N2S2. The standard InChI is InChI=1S/C18H36N2S2/c1-11-14(2)20-16(5,6)13-18(9,10)22-21-17(7,8)12-15(3,4)19/h11,20H,1-2,12-13,19H2,3-10H3. The van der Waals surface area contributed by atoms with Crippen molar-refractivity contribution in [1.29, 1.82) is 0 Å². The summed E-state index contributed by atoms with van der Waals surface area (Å²) in [7, 11) is 3.90. The highest BCUT2D eigenvalue weighted by Gasteiger charge is 2.33. The highest BCUT2D eigenvalue weighted by molar-refractivity contribution is 8.77. The van der Waals surface area contributed by atoms with Gasteiger partial charge in [-0.15, -0.1) is 0 Å². The van der Waals surface area contributed by atoms with Gasteiger partial charge in [0.05, 0.1) is 0 Å². The number of nitrogens with one attached hydrogen (secondary N) is 1. The van der Waals surface area contributed by atoms with Crippen LogP contribution in [-0.4, -0.2) is 20.6 Å². The van der Waals surface area contributed by atoms with Crippen molar-refractivity contribution < 1.29 is 0 Å². The van der Waals surface area contributed by atoms with Gasteiger partial charge in [0.15, 0.2) is 0 Å². The summed E-state index contributed by atoms with van der Waals surface area (Å²) in [6.45, 7) is 25.5. The molecule has 0 unspecified atom stereocenters. The van der Waals surface area contributed by atoms with Gasteiger partial charge in [-0.2, -0.15) is 0 Å². The molecule has 0 radical (unpaired) electrons. The van der Waals surface area contributed by atoms with Crippen LogP contribution in [0.4, 0.5) is 0 Å². The van der Waals surface area contributed by atoms with Crippen molar-refractivity contribution in [3.05, 3.63) is 24.9 Å². The fourth-order valence-electron chi connectivity index (χ4n) is 2.98. The maximum atomic E-state index is 6.18. The second-order valence-electron chi connectivity index (χ2n) is 8.77. The highest BCUT2D eigenvalue weighted by atomic mass is 33.1. The lowest BCUT2D eigenvalue weighted by molar-refractivity contribution is 0.366. The minimum Gasteiger partial charge on any atom is -0.381 e. The molecule has 3 N–H and O–H groups in total. The molecule has 2 nitrogen and oxygen atoms in total. The molecule has 0 spiro atoms. The molecule has 0 amide bonds. The third-order valence-electron chi connectivity index (χ3n) is 2.99. The Morgan fingerprint density at radius 2 is 1.36 bits per heavy atom. The molecule has 0 aromatic carbocycles. The lowest BCUT2D eigenvalue weighted by atomic mass is 9.92. The lowest BCUT2D eigenvalue weighted by Crippen LogP contribution is -2.43. The molecule has 0 aliphatic carbocycles. The molecule has 22 heavy (non-hydrogen) atoms. The largest absolute Gasteiger partial charge is 0.381 e. The van der Waals surface area contributed by atoms with E-state index in [1.54, 1.807) is 6.08 Å². The summed E-state index contributed by atoms with van der Waals surface area (Å²) in [5.41, 5.74) is 6.91. The van der Waals surface area contributed by atoms with Crippen LogP contribution in [0.3, 0.4) is 0 Å². The van der Waals surface area contributed by atoms with Crippen LogP contribution in [0.15, 0.2) is 24.9 Å². The second kappa shape index (κ2) is 7.67. The van der Waals surface area contributed by atoms with Crippen LogP contribution in [0.5, 0.6) is 0 Å². The van der Waals surface area contributed by atoms with Gasteiger partial charge in [0.2, 0.25) is 0 Å². The van der Waals surface area contributed by atoms with Crippen molar-refractivity contribution in [3.63, 3.8) is 0 Å². The molecule has 0 aromatic rings. The first kappa shape index (κ1) is 21.9. The quantitative estimate of drug-likeness (QED) is 0.405. The first-order valence-electron chi connectivity index (χ1n) is 7.83. The zero-order valence-electron chi connectivity index (χ0n) is 15.8. The van der Waals surface area contributed by atoms with E-state index in [-0.39, 0.29) is 20.6 Å². The number of hydrogen-bond donors (Lipinski definition) is 2. The molecule has 4 heteroatoms. The normalized spacial score (nSPS) is 13.9. The Bertz CT molecular complexity index is 390. The molecule has 0 atom stereocenters. The minimum absolute atomic E-state index is 0.0143. The molecule has 0 saturated carbocycles. The molecule has 0 bridgehead atoms. The predicted octanol–water partition coefficient (Wildman–Crippen LogP) is 5.51. The predicted molar refractivity (Wildman–Crippen MR) is 107 cm³/mol. The lowest BCUT2D eigenvalue weighted by Gasteiger charge is -2.38. The number of nitrogens with two attached hydrogens (primary N) is 1. The molecule has 0 heterocycles. The van der Waals surface area contributed by atoms with Crippen molar-refractivity contribution in [2.24, 2.45) is 5.73 Å². The summed E-state index contributed by atoms with van der Waals surface area (Å²) in [5.74, 6) is 0. The van der Waals surface area contributed by atoms with Crippen molar-refractivity contribution >= 4 is 21.6 Å². The average molecular weight is 345 g/mol. The number of rotatable bonds is 10. The van der Waals surface area contributed by atoms with E-state index in [1.165, 1.54) is 0 Å².